The van der Waals surface area contributed by atoms with Crippen LogP contribution in [-0.2, 0) is 19.1 Å². The van der Waals surface area contributed by atoms with Gasteiger partial charge in [0.05, 0.1) is 24.3 Å². The molecule has 2 aliphatic rings. The number of carbonyl (C=O) groups excluding carboxylic acids is 2. The number of hydrogen-bond acceptors (Lipinski definition) is 6. The summed E-state index contributed by atoms with van der Waals surface area (Å²) in [5, 5.41) is 2.75. The molecule has 23 heavy (non-hydrogen) atoms. The highest BCUT2D eigenvalue weighted by molar-refractivity contribution is 5.92. The van der Waals surface area contributed by atoms with Crippen molar-refractivity contribution in [2.75, 3.05) is 32.2 Å². The highest BCUT2D eigenvalue weighted by atomic mass is 16.5. The number of rotatable bonds is 4. The molecule has 124 valence electrons. The van der Waals surface area contributed by atoms with Gasteiger partial charge in [0.15, 0.2) is 5.82 Å². The summed E-state index contributed by atoms with van der Waals surface area (Å²) < 4.78 is 10.6. The van der Waals surface area contributed by atoms with Crippen molar-refractivity contribution >= 4 is 17.6 Å². The number of anilines is 1. The van der Waals surface area contributed by atoms with E-state index in [1.165, 1.54) is 19.5 Å². The predicted octanol–water partition coefficient (Wildman–Crippen LogP) is 0.0675. The Balaban J connectivity index is 1.70. The standard InChI is InChI=1S/C15H20N4O4/c1-22-9-14(20)19-8-10(6-12-11(19)2-5-23-12)15(21)18-13-7-16-3-4-17-13/h3-4,7,10-12H,2,5-6,8-9H2,1H3,(H,17,18,21)/t10-,11-,12-/m1/s1. The van der Waals surface area contributed by atoms with Gasteiger partial charge in [-0.2, -0.15) is 0 Å². The second-order valence-electron chi connectivity index (χ2n) is 5.76. The molecule has 0 bridgehead atoms. The molecule has 0 spiro atoms. The van der Waals surface area contributed by atoms with E-state index in [0.717, 1.165) is 6.42 Å². The van der Waals surface area contributed by atoms with Crippen LogP contribution in [0.15, 0.2) is 18.6 Å². The summed E-state index contributed by atoms with van der Waals surface area (Å²) in [5.74, 6) is -0.210. The van der Waals surface area contributed by atoms with Gasteiger partial charge in [-0.1, -0.05) is 0 Å². The first-order valence-electron chi connectivity index (χ1n) is 7.66. The van der Waals surface area contributed by atoms with Crippen molar-refractivity contribution in [3.63, 3.8) is 0 Å². The highest BCUT2D eigenvalue weighted by Crippen LogP contribution is 2.31. The first-order chi connectivity index (χ1) is 11.2. The Hall–Kier alpha value is -2.06. The van der Waals surface area contributed by atoms with Crippen LogP contribution >= 0.6 is 0 Å². The summed E-state index contributed by atoms with van der Waals surface area (Å²) in [6.45, 7) is 1.01. The van der Waals surface area contributed by atoms with Crippen molar-refractivity contribution in [2.24, 2.45) is 5.92 Å². The Morgan fingerprint density at radius 1 is 1.48 bits per heavy atom. The third-order valence-electron chi connectivity index (χ3n) is 4.28. The zero-order valence-corrected chi connectivity index (χ0v) is 13.0. The quantitative estimate of drug-likeness (QED) is 0.843. The van der Waals surface area contributed by atoms with E-state index in [1.54, 1.807) is 11.1 Å². The van der Waals surface area contributed by atoms with Crippen LogP contribution in [0, 0.1) is 5.92 Å². The summed E-state index contributed by atoms with van der Waals surface area (Å²) in [7, 11) is 1.49. The predicted molar refractivity (Wildman–Crippen MR) is 80.5 cm³/mol. The number of carbonyl (C=O) groups is 2. The molecule has 3 rings (SSSR count). The summed E-state index contributed by atoms with van der Waals surface area (Å²) in [5.41, 5.74) is 0. The van der Waals surface area contributed by atoms with Crippen LogP contribution in [0.2, 0.25) is 0 Å². The first kappa shape index (κ1) is 15.8. The SMILES string of the molecule is COCC(=O)N1C[C@H](C(=O)Nc2cnccn2)C[C@H]2OCC[C@H]21. The number of methoxy groups -OCH3 is 1. The lowest BCUT2D eigenvalue weighted by molar-refractivity contribution is -0.144. The monoisotopic (exact) mass is 320 g/mol. The van der Waals surface area contributed by atoms with Gasteiger partial charge in [0.1, 0.15) is 6.61 Å². The average molecular weight is 320 g/mol. The van der Waals surface area contributed by atoms with E-state index < -0.39 is 0 Å². The maximum Gasteiger partial charge on any atom is 0.248 e. The minimum atomic E-state index is -0.336. The number of hydrogen-bond donors (Lipinski definition) is 1. The van der Waals surface area contributed by atoms with Gasteiger partial charge in [-0.05, 0) is 12.8 Å². The fourth-order valence-electron chi connectivity index (χ4n) is 3.22. The van der Waals surface area contributed by atoms with E-state index in [4.69, 9.17) is 9.47 Å². The number of likely N-dealkylation sites (tertiary alicyclic amines) is 1. The molecule has 2 saturated heterocycles. The zero-order valence-electron chi connectivity index (χ0n) is 13.0. The number of aromatic nitrogens is 2. The Bertz CT molecular complexity index is 568. The lowest BCUT2D eigenvalue weighted by atomic mass is 9.89. The maximum absolute atomic E-state index is 12.5. The van der Waals surface area contributed by atoms with Gasteiger partial charge in [-0.15, -0.1) is 0 Å². The molecule has 8 nitrogen and oxygen atoms in total. The van der Waals surface area contributed by atoms with Gasteiger partial charge in [0.2, 0.25) is 11.8 Å². The normalized spacial score (nSPS) is 26.7. The summed E-state index contributed by atoms with van der Waals surface area (Å²) >= 11 is 0. The first-order valence-corrected chi connectivity index (χ1v) is 7.66. The Kier molecular flexibility index (Phi) is 4.82. The van der Waals surface area contributed by atoms with Gasteiger partial charge in [-0.3, -0.25) is 14.6 Å². The van der Waals surface area contributed by atoms with E-state index >= 15 is 0 Å². The molecule has 2 aliphatic heterocycles. The maximum atomic E-state index is 12.5. The summed E-state index contributed by atoms with van der Waals surface area (Å²) in [4.78, 5) is 34.4. The number of nitrogens with one attached hydrogen (secondary N) is 1. The van der Waals surface area contributed by atoms with Crippen LogP contribution in [0.1, 0.15) is 12.8 Å². The van der Waals surface area contributed by atoms with E-state index in [-0.39, 0.29) is 36.5 Å². The topological polar surface area (TPSA) is 93.7 Å². The van der Waals surface area contributed by atoms with E-state index in [0.29, 0.717) is 25.4 Å². The molecule has 0 aromatic carbocycles. The minimum Gasteiger partial charge on any atom is -0.376 e. The lowest BCUT2D eigenvalue weighted by Crippen LogP contribution is -2.55. The molecule has 1 aromatic heterocycles. The van der Waals surface area contributed by atoms with E-state index in [1.807, 2.05) is 0 Å². The molecule has 3 heterocycles. The van der Waals surface area contributed by atoms with Crippen LogP contribution in [0.4, 0.5) is 5.82 Å². The van der Waals surface area contributed by atoms with Gasteiger partial charge < -0.3 is 19.7 Å². The molecule has 1 aromatic rings. The molecule has 0 aliphatic carbocycles. The summed E-state index contributed by atoms with van der Waals surface area (Å²) in [6.07, 6.45) is 5.86. The number of amides is 2. The van der Waals surface area contributed by atoms with Crippen molar-refractivity contribution in [1.29, 1.82) is 0 Å². The molecule has 2 fully saturated rings. The molecular weight excluding hydrogens is 300 g/mol. The Labute approximate surface area is 134 Å². The number of nitrogens with zero attached hydrogens (tertiary/aromatic N) is 3. The highest BCUT2D eigenvalue weighted by Gasteiger charge is 2.44. The van der Waals surface area contributed by atoms with Crippen LogP contribution < -0.4 is 5.32 Å². The molecule has 0 saturated carbocycles. The fourth-order valence-corrected chi connectivity index (χ4v) is 3.22. The molecule has 2 amide bonds. The van der Waals surface area contributed by atoms with Crippen LogP contribution in [-0.4, -0.2) is 65.7 Å². The number of fused-ring (bicyclic) bond motifs is 1. The Morgan fingerprint density at radius 2 is 2.35 bits per heavy atom. The molecule has 3 atom stereocenters. The van der Waals surface area contributed by atoms with Crippen LogP contribution in [0.3, 0.4) is 0 Å². The van der Waals surface area contributed by atoms with E-state index in [2.05, 4.69) is 15.3 Å². The second kappa shape index (κ2) is 7.01. The van der Waals surface area contributed by atoms with Crippen molar-refractivity contribution in [2.45, 2.75) is 25.0 Å². The number of piperidine rings is 1. The lowest BCUT2D eigenvalue weighted by Gasteiger charge is -2.40. The fraction of sp³-hybridized carbons (Fsp3) is 0.600. The smallest absolute Gasteiger partial charge is 0.248 e. The van der Waals surface area contributed by atoms with Gasteiger partial charge in [0, 0.05) is 32.7 Å². The van der Waals surface area contributed by atoms with Crippen molar-refractivity contribution < 1.29 is 19.1 Å². The van der Waals surface area contributed by atoms with Gasteiger partial charge in [0.25, 0.3) is 0 Å². The third-order valence-corrected chi connectivity index (χ3v) is 4.28. The molecule has 1 N–H and O–H groups in total. The summed E-state index contributed by atoms with van der Waals surface area (Å²) in [6, 6.07) is 0.0400. The van der Waals surface area contributed by atoms with Crippen LogP contribution in [0.5, 0.6) is 0 Å². The zero-order chi connectivity index (χ0) is 16.2. The molecule has 0 radical (unpaired) electrons. The van der Waals surface area contributed by atoms with Crippen molar-refractivity contribution in [1.82, 2.24) is 14.9 Å². The largest absolute Gasteiger partial charge is 0.376 e. The number of ether oxygens (including phenoxy) is 2. The van der Waals surface area contributed by atoms with E-state index in [9.17, 15) is 9.59 Å². The molecule has 0 unspecified atom stereocenters. The van der Waals surface area contributed by atoms with Crippen molar-refractivity contribution in [3.05, 3.63) is 18.6 Å². The Morgan fingerprint density at radius 3 is 3.09 bits per heavy atom. The van der Waals surface area contributed by atoms with Crippen molar-refractivity contribution in [3.8, 4) is 0 Å². The second-order valence-corrected chi connectivity index (χ2v) is 5.76. The molecular formula is C15H20N4O4. The third kappa shape index (κ3) is 3.48. The minimum absolute atomic E-state index is 0.0156. The molecule has 8 heteroatoms. The average Bonchev–Trinajstić information content (AvgIpc) is 3.03. The van der Waals surface area contributed by atoms with Crippen LogP contribution in [0.25, 0.3) is 0 Å². The van der Waals surface area contributed by atoms with Gasteiger partial charge in [-0.25, -0.2) is 4.98 Å². The van der Waals surface area contributed by atoms with Gasteiger partial charge >= 0.3 is 0 Å².